The second-order valence-electron chi connectivity index (χ2n) is 4.36. The van der Waals surface area contributed by atoms with Crippen LogP contribution in [0.5, 0.6) is 0 Å². The van der Waals surface area contributed by atoms with Gasteiger partial charge in [-0.25, -0.2) is 0 Å². The molecule has 0 aliphatic rings. The Labute approximate surface area is 108 Å². The third-order valence-electron chi connectivity index (χ3n) is 2.64. The SMILES string of the molecule is CCC(C)NC(=O)CSCc1ccc(C)cc1. The van der Waals surface area contributed by atoms with E-state index in [2.05, 4.69) is 43.4 Å². The smallest absolute Gasteiger partial charge is 0.230 e. The van der Waals surface area contributed by atoms with Crippen molar-refractivity contribution in [2.75, 3.05) is 5.75 Å². The number of aryl methyl sites for hydroxylation is 1. The molecule has 1 atom stereocenters. The van der Waals surface area contributed by atoms with Gasteiger partial charge in [-0.1, -0.05) is 36.8 Å². The molecule has 0 fully saturated rings. The van der Waals surface area contributed by atoms with Crippen molar-refractivity contribution in [1.82, 2.24) is 5.32 Å². The second kappa shape index (κ2) is 7.38. The van der Waals surface area contributed by atoms with Crippen LogP contribution in [0.25, 0.3) is 0 Å². The number of nitrogens with one attached hydrogen (secondary N) is 1. The van der Waals surface area contributed by atoms with E-state index in [-0.39, 0.29) is 11.9 Å². The minimum absolute atomic E-state index is 0.136. The van der Waals surface area contributed by atoms with Gasteiger partial charge in [0.25, 0.3) is 0 Å². The van der Waals surface area contributed by atoms with Gasteiger partial charge in [-0.05, 0) is 25.8 Å². The average Bonchev–Trinajstić information content (AvgIpc) is 2.31. The largest absolute Gasteiger partial charge is 0.353 e. The molecule has 0 heterocycles. The van der Waals surface area contributed by atoms with Crippen molar-refractivity contribution in [2.45, 2.75) is 39.0 Å². The Bertz CT molecular complexity index is 348. The molecule has 1 aromatic carbocycles. The molecule has 0 bridgehead atoms. The van der Waals surface area contributed by atoms with Crippen molar-refractivity contribution in [3.8, 4) is 0 Å². The zero-order chi connectivity index (χ0) is 12.7. The quantitative estimate of drug-likeness (QED) is 0.841. The number of thioether (sulfide) groups is 1. The van der Waals surface area contributed by atoms with Crippen LogP contribution in [0.3, 0.4) is 0 Å². The summed E-state index contributed by atoms with van der Waals surface area (Å²) in [5.41, 5.74) is 2.55. The van der Waals surface area contributed by atoms with Gasteiger partial charge >= 0.3 is 0 Å². The van der Waals surface area contributed by atoms with Gasteiger partial charge in [-0.15, -0.1) is 11.8 Å². The van der Waals surface area contributed by atoms with E-state index < -0.39 is 0 Å². The first-order valence-corrected chi connectivity index (χ1v) is 7.20. The predicted molar refractivity (Wildman–Crippen MR) is 75.2 cm³/mol. The molecule has 0 saturated heterocycles. The lowest BCUT2D eigenvalue weighted by Gasteiger charge is -2.10. The molecule has 1 rings (SSSR count). The Hall–Kier alpha value is -0.960. The highest BCUT2D eigenvalue weighted by molar-refractivity contribution is 7.99. The van der Waals surface area contributed by atoms with Crippen LogP contribution in [0.2, 0.25) is 0 Å². The molecule has 94 valence electrons. The summed E-state index contributed by atoms with van der Waals surface area (Å²) in [6.07, 6.45) is 0.981. The molecule has 0 saturated carbocycles. The lowest BCUT2D eigenvalue weighted by molar-refractivity contribution is -0.119. The third kappa shape index (κ3) is 5.78. The van der Waals surface area contributed by atoms with E-state index in [9.17, 15) is 4.79 Å². The Morgan fingerprint density at radius 1 is 1.35 bits per heavy atom. The predicted octanol–water partition coefficient (Wildman–Crippen LogP) is 3.14. The Balaban J connectivity index is 2.23. The molecule has 1 unspecified atom stereocenters. The molecule has 0 aromatic heterocycles. The van der Waals surface area contributed by atoms with Crippen LogP contribution < -0.4 is 5.32 Å². The number of carbonyl (C=O) groups is 1. The summed E-state index contributed by atoms with van der Waals surface area (Å²) < 4.78 is 0. The number of benzene rings is 1. The highest BCUT2D eigenvalue weighted by Gasteiger charge is 2.05. The minimum atomic E-state index is 0.136. The zero-order valence-electron chi connectivity index (χ0n) is 10.8. The summed E-state index contributed by atoms with van der Waals surface area (Å²) in [6.45, 7) is 6.18. The summed E-state index contributed by atoms with van der Waals surface area (Å²) in [7, 11) is 0. The molecule has 3 heteroatoms. The lowest BCUT2D eigenvalue weighted by atomic mass is 10.2. The topological polar surface area (TPSA) is 29.1 Å². The molecule has 2 nitrogen and oxygen atoms in total. The van der Waals surface area contributed by atoms with Crippen molar-refractivity contribution < 1.29 is 4.79 Å². The molecular weight excluding hydrogens is 230 g/mol. The monoisotopic (exact) mass is 251 g/mol. The summed E-state index contributed by atoms with van der Waals surface area (Å²) >= 11 is 1.66. The second-order valence-corrected chi connectivity index (χ2v) is 5.34. The van der Waals surface area contributed by atoms with Gasteiger partial charge in [0, 0.05) is 11.8 Å². The van der Waals surface area contributed by atoms with Gasteiger partial charge in [-0.2, -0.15) is 0 Å². The van der Waals surface area contributed by atoms with Gasteiger partial charge in [0.1, 0.15) is 0 Å². The molecule has 1 aromatic rings. The first kappa shape index (κ1) is 14.1. The maximum atomic E-state index is 11.5. The van der Waals surface area contributed by atoms with Crippen molar-refractivity contribution in [3.63, 3.8) is 0 Å². The fraction of sp³-hybridized carbons (Fsp3) is 0.500. The van der Waals surface area contributed by atoms with Gasteiger partial charge in [-0.3, -0.25) is 4.79 Å². The van der Waals surface area contributed by atoms with E-state index in [4.69, 9.17) is 0 Å². The first-order chi connectivity index (χ1) is 8.11. The van der Waals surface area contributed by atoms with Crippen LogP contribution in [0.4, 0.5) is 0 Å². The molecule has 17 heavy (non-hydrogen) atoms. The highest BCUT2D eigenvalue weighted by Crippen LogP contribution is 2.12. The summed E-state index contributed by atoms with van der Waals surface area (Å²) in [5.74, 6) is 1.57. The van der Waals surface area contributed by atoms with Gasteiger partial charge in [0.15, 0.2) is 0 Å². The van der Waals surface area contributed by atoms with E-state index in [1.54, 1.807) is 11.8 Å². The maximum Gasteiger partial charge on any atom is 0.230 e. The van der Waals surface area contributed by atoms with E-state index in [1.165, 1.54) is 11.1 Å². The van der Waals surface area contributed by atoms with Crippen molar-refractivity contribution in [3.05, 3.63) is 35.4 Å². The van der Waals surface area contributed by atoms with Crippen LogP contribution in [-0.4, -0.2) is 17.7 Å². The van der Waals surface area contributed by atoms with E-state index in [1.807, 2.05) is 6.92 Å². The van der Waals surface area contributed by atoms with E-state index in [0.29, 0.717) is 5.75 Å². The summed E-state index contributed by atoms with van der Waals surface area (Å²) in [6, 6.07) is 8.73. The molecule has 0 aliphatic carbocycles. The van der Waals surface area contributed by atoms with Crippen LogP contribution in [0, 0.1) is 6.92 Å². The first-order valence-electron chi connectivity index (χ1n) is 6.04. The number of amides is 1. The van der Waals surface area contributed by atoms with Crippen LogP contribution in [-0.2, 0) is 10.5 Å². The lowest BCUT2D eigenvalue weighted by Crippen LogP contribution is -2.33. The molecule has 1 amide bonds. The minimum Gasteiger partial charge on any atom is -0.353 e. The van der Waals surface area contributed by atoms with Crippen LogP contribution in [0.1, 0.15) is 31.4 Å². The number of hydrogen-bond acceptors (Lipinski definition) is 2. The number of rotatable bonds is 6. The van der Waals surface area contributed by atoms with Crippen LogP contribution >= 0.6 is 11.8 Å². The fourth-order valence-electron chi connectivity index (χ4n) is 1.36. The fourth-order valence-corrected chi connectivity index (χ4v) is 2.16. The van der Waals surface area contributed by atoms with Crippen molar-refractivity contribution in [2.24, 2.45) is 0 Å². The Morgan fingerprint density at radius 3 is 2.59 bits per heavy atom. The average molecular weight is 251 g/mol. The number of carbonyl (C=O) groups excluding carboxylic acids is 1. The standard InChI is InChI=1S/C14H21NOS/c1-4-12(3)15-14(16)10-17-9-13-7-5-11(2)6-8-13/h5-8,12H,4,9-10H2,1-3H3,(H,15,16). The molecule has 0 aliphatic heterocycles. The molecule has 0 radical (unpaired) electrons. The molecular formula is C14H21NOS. The Kier molecular flexibility index (Phi) is 6.12. The van der Waals surface area contributed by atoms with Gasteiger partial charge in [0.2, 0.25) is 5.91 Å². The third-order valence-corrected chi connectivity index (χ3v) is 3.65. The maximum absolute atomic E-state index is 11.5. The van der Waals surface area contributed by atoms with Gasteiger partial charge in [0.05, 0.1) is 5.75 Å². The van der Waals surface area contributed by atoms with E-state index >= 15 is 0 Å². The summed E-state index contributed by atoms with van der Waals surface area (Å²) in [4.78, 5) is 11.5. The number of hydrogen-bond donors (Lipinski definition) is 1. The zero-order valence-corrected chi connectivity index (χ0v) is 11.6. The van der Waals surface area contributed by atoms with E-state index in [0.717, 1.165) is 12.2 Å². The molecule has 0 spiro atoms. The summed E-state index contributed by atoms with van der Waals surface area (Å²) in [5, 5.41) is 2.97. The Morgan fingerprint density at radius 2 is 2.00 bits per heavy atom. The van der Waals surface area contributed by atoms with Crippen molar-refractivity contribution >= 4 is 17.7 Å². The van der Waals surface area contributed by atoms with Crippen LogP contribution in [0.15, 0.2) is 24.3 Å². The highest BCUT2D eigenvalue weighted by atomic mass is 32.2. The molecule has 1 N–H and O–H groups in total. The normalized spacial score (nSPS) is 12.2. The van der Waals surface area contributed by atoms with Gasteiger partial charge < -0.3 is 5.32 Å². The van der Waals surface area contributed by atoms with Crippen molar-refractivity contribution in [1.29, 1.82) is 0 Å².